The summed E-state index contributed by atoms with van der Waals surface area (Å²) < 4.78 is 42.0. The predicted octanol–water partition coefficient (Wildman–Crippen LogP) is 4.20. The molecule has 28 heavy (non-hydrogen) atoms. The van der Waals surface area contributed by atoms with Gasteiger partial charge in [0.25, 0.3) is 0 Å². The molecule has 5 nitrogen and oxygen atoms in total. The maximum absolute atomic E-state index is 14.3. The molecule has 0 spiro atoms. The van der Waals surface area contributed by atoms with Gasteiger partial charge < -0.3 is 10.0 Å². The van der Waals surface area contributed by atoms with Crippen LogP contribution in [0.1, 0.15) is 11.4 Å². The van der Waals surface area contributed by atoms with Crippen LogP contribution in [0.15, 0.2) is 35.2 Å². The fourth-order valence-electron chi connectivity index (χ4n) is 2.95. The van der Waals surface area contributed by atoms with Crippen molar-refractivity contribution in [3.8, 4) is 0 Å². The zero-order valence-electron chi connectivity index (χ0n) is 14.0. The van der Waals surface area contributed by atoms with E-state index in [1.54, 1.807) is 6.07 Å². The van der Waals surface area contributed by atoms with Crippen LogP contribution in [0.5, 0.6) is 0 Å². The predicted molar refractivity (Wildman–Crippen MR) is 99.0 cm³/mol. The van der Waals surface area contributed by atoms with Gasteiger partial charge in [-0.05, 0) is 24.3 Å². The van der Waals surface area contributed by atoms with Gasteiger partial charge in [0.2, 0.25) is 5.91 Å². The molecule has 144 valence electrons. The van der Waals surface area contributed by atoms with Crippen molar-refractivity contribution in [3.63, 3.8) is 0 Å². The van der Waals surface area contributed by atoms with Crippen LogP contribution in [0.4, 0.5) is 18.9 Å². The summed E-state index contributed by atoms with van der Waals surface area (Å²) in [6.07, 6.45) is -0.465. The van der Waals surface area contributed by atoms with Crippen LogP contribution in [0.25, 0.3) is 10.2 Å². The highest BCUT2D eigenvalue weighted by Crippen LogP contribution is 2.43. The number of nitrogens with zero attached hydrogens (tertiary/aromatic N) is 2. The smallest absolute Gasteiger partial charge is 0.305 e. The van der Waals surface area contributed by atoms with Crippen molar-refractivity contribution in [2.45, 2.75) is 23.1 Å². The number of hydrogen-bond donors (Lipinski definition) is 1. The number of anilines is 1. The molecule has 1 amide bonds. The number of aromatic nitrogens is 1. The highest BCUT2D eigenvalue weighted by molar-refractivity contribution is 8.01. The summed E-state index contributed by atoms with van der Waals surface area (Å²) in [5.41, 5.74) is 0.155. The lowest BCUT2D eigenvalue weighted by atomic mass is 10.2. The summed E-state index contributed by atoms with van der Waals surface area (Å²) >= 11 is 1.95. The number of fused-ring (bicyclic) bond motifs is 2. The van der Waals surface area contributed by atoms with Gasteiger partial charge in [-0.3, -0.25) is 9.59 Å². The number of thioether (sulfide) groups is 1. The van der Waals surface area contributed by atoms with Gasteiger partial charge in [-0.15, -0.1) is 23.1 Å². The number of halogens is 3. The van der Waals surface area contributed by atoms with Gasteiger partial charge in [0.15, 0.2) is 11.6 Å². The Balaban J connectivity index is 1.75. The van der Waals surface area contributed by atoms with Gasteiger partial charge in [0, 0.05) is 0 Å². The second-order valence-corrected chi connectivity index (χ2v) is 8.36. The summed E-state index contributed by atoms with van der Waals surface area (Å²) in [7, 11) is 0. The minimum Gasteiger partial charge on any atom is -0.481 e. The van der Waals surface area contributed by atoms with E-state index in [4.69, 9.17) is 5.11 Å². The third-order valence-electron chi connectivity index (χ3n) is 4.19. The summed E-state index contributed by atoms with van der Waals surface area (Å²) in [4.78, 5) is 29.4. The van der Waals surface area contributed by atoms with Crippen molar-refractivity contribution in [3.05, 3.63) is 52.8 Å². The monoisotopic (exact) mass is 424 g/mol. The minimum absolute atomic E-state index is 0.105. The summed E-state index contributed by atoms with van der Waals surface area (Å²) in [5, 5.41) is 8.39. The Morgan fingerprint density at radius 2 is 1.96 bits per heavy atom. The third-order valence-corrected chi connectivity index (χ3v) is 6.49. The standard InChI is InChI=1S/C18H11F3N2O3S2/c19-8-4-5-11-16(15(8)21)22-13(27-11)7-23-10-3-1-2-9(20)17(10)28-12(18(23)26)6-14(24)25/h1-5,12H,6-7H2,(H,24,25). The van der Waals surface area contributed by atoms with Crippen LogP contribution in [-0.2, 0) is 16.1 Å². The number of aliphatic carboxylic acids is 1. The highest BCUT2D eigenvalue weighted by Gasteiger charge is 2.36. The van der Waals surface area contributed by atoms with Gasteiger partial charge in [0.1, 0.15) is 16.3 Å². The fourth-order valence-corrected chi connectivity index (χ4v) is 5.12. The van der Waals surface area contributed by atoms with Crippen LogP contribution in [0, 0.1) is 17.5 Å². The van der Waals surface area contributed by atoms with E-state index in [0.717, 1.165) is 29.2 Å². The molecule has 4 rings (SSSR count). The lowest BCUT2D eigenvalue weighted by Gasteiger charge is -2.32. The number of carbonyl (C=O) groups excluding carboxylic acids is 1. The van der Waals surface area contributed by atoms with E-state index in [1.165, 1.54) is 23.1 Å². The number of rotatable bonds is 4. The SMILES string of the molecule is O=C(O)CC1Sc2c(F)cccc2N(Cc2nc3c(F)c(F)ccc3s2)C1=O. The highest BCUT2D eigenvalue weighted by atomic mass is 32.2. The molecule has 1 atom stereocenters. The quantitative estimate of drug-likeness (QED) is 0.680. The normalized spacial score (nSPS) is 16.5. The molecular weight excluding hydrogens is 413 g/mol. The number of benzene rings is 2. The van der Waals surface area contributed by atoms with Crippen molar-refractivity contribution in [1.82, 2.24) is 4.98 Å². The van der Waals surface area contributed by atoms with Crippen LogP contribution in [-0.4, -0.2) is 27.2 Å². The van der Waals surface area contributed by atoms with Crippen molar-refractivity contribution < 1.29 is 27.9 Å². The van der Waals surface area contributed by atoms with E-state index in [2.05, 4.69) is 4.98 Å². The van der Waals surface area contributed by atoms with Gasteiger partial charge in [-0.2, -0.15) is 0 Å². The van der Waals surface area contributed by atoms with Crippen molar-refractivity contribution in [2.24, 2.45) is 0 Å². The number of carbonyl (C=O) groups is 2. The maximum Gasteiger partial charge on any atom is 0.305 e. The van der Waals surface area contributed by atoms with Crippen LogP contribution in [0.3, 0.4) is 0 Å². The van der Waals surface area contributed by atoms with Gasteiger partial charge >= 0.3 is 5.97 Å². The van der Waals surface area contributed by atoms with Crippen LogP contribution in [0.2, 0.25) is 0 Å². The second kappa shape index (κ2) is 7.10. The molecule has 1 aromatic heterocycles. The van der Waals surface area contributed by atoms with Crippen LogP contribution >= 0.6 is 23.1 Å². The van der Waals surface area contributed by atoms with E-state index in [-0.39, 0.29) is 17.0 Å². The Labute approximate surface area is 164 Å². The molecule has 0 radical (unpaired) electrons. The molecule has 1 N–H and O–H groups in total. The van der Waals surface area contributed by atoms with E-state index in [9.17, 15) is 22.8 Å². The first kappa shape index (κ1) is 18.8. The van der Waals surface area contributed by atoms with E-state index < -0.39 is 41.0 Å². The Kier molecular flexibility index (Phi) is 4.76. The minimum atomic E-state index is -1.18. The number of carboxylic acid groups (broad SMARTS) is 1. The van der Waals surface area contributed by atoms with Gasteiger partial charge in [0.05, 0.1) is 33.5 Å². The molecule has 3 aromatic rings. The molecule has 0 saturated carbocycles. The summed E-state index contributed by atoms with van der Waals surface area (Å²) in [6, 6.07) is 6.61. The molecule has 1 aliphatic rings. The molecule has 0 aliphatic carbocycles. The van der Waals surface area contributed by atoms with E-state index in [0.29, 0.717) is 15.4 Å². The molecule has 2 aromatic carbocycles. The summed E-state index contributed by atoms with van der Waals surface area (Å²) in [6.45, 7) is -0.105. The van der Waals surface area contributed by atoms with Gasteiger partial charge in [-0.25, -0.2) is 18.2 Å². The first-order valence-corrected chi connectivity index (χ1v) is 9.76. The molecule has 10 heteroatoms. The Hall–Kier alpha value is -2.59. The maximum atomic E-state index is 14.3. The average molecular weight is 424 g/mol. The largest absolute Gasteiger partial charge is 0.481 e. The van der Waals surface area contributed by atoms with Crippen molar-refractivity contribution in [1.29, 1.82) is 0 Å². The van der Waals surface area contributed by atoms with Crippen LogP contribution < -0.4 is 4.90 Å². The fraction of sp³-hybridized carbons (Fsp3) is 0.167. The number of thiazole rings is 1. The average Bonchev–Trinajstić information content (AvgIpc) is 3.06. The number of amides is 1. The van der Waals surface area contributed by atoms with E-state index in [1.807, 2.05) is 0 Å². The van der Waals surface area contributed by atoms with Gasteiger partial charge in [-0.1, -0.05) is 6.07 Å². The van der Waals surface area contributed by atoms with Crippen molar-refractivity contribution in [2.75, 3.05) is 4.90 Å². The lowest BCUT2D eigenvalue weighted by Crippen LogP contribution is -2.41. The second-order valence-electron chi connectivity index (χ2n) is 6.03. The molecule has 0 bridgehead atoms. The Bertz CT molecular complexity index is 1120. The topological polar surface area (TPSA) is 70.5 Å². The lowest BCUT2D eigenvalue weighted by molar-refractivity contribution is -0.138. The third kappa shape index (κ3) is 3.22. The first-order valence-electron chi connectivity index (χ1n) is 8.07. The summed E-state index contributed by atoms with van der Waals surface area (Å²) in [5.74, 6) is -4.34. The zero-order chi connectivity index (χ0) is 20.0. The number of hydrogen-bond acceptors (Lipinski definition) is 5. The molecule has 1 unspecified atom stereocenters. The van der Waals surface area contributed by atoms with Crippen molar-refractivity contribution >= 4 is 50.9 Å². The Morgan fingerprint density at radius 1 is 1.18 bits per heavy atom. The molecule has 2 heterocycles. The molecule has 1 aliphatic heterocycles. The molecular formula is C18H11F3N2O3S2. The molecule has 0 saturated heterocycles. The van der Waals surface area contributed by atoms with E-state index >= 15 is 0 Å². The zero-order valence-corrected chi connectivity index (χ0v) is 15.6. The first-order chi connectivity index (χ1) is 13.3. The Morgan fingerprint density at radius 3 is 2.71 bits per heavy atom. The molecule has 0 fully saturated rings. The number of carboxylic acids is 1.